The lowest BCUT2D eigenvalue weighted by atomic mass is 9.84. The van der Waals surface area contributed by atoms with Crippen LogP contribution in [0.2, 0.25) is 0 Å². The summed E-state index contributed by atoms with van der Waals surface area (Å²) in [5.74, 6) is 0. The summed E-state index contributed by atoms with van der Waals surface area (Å²) in [6, 6.07) is 7.71. The zero-order valence-corrected chi connectivity index (χ0v) is 10.7. The first kappa shape index (κ1) is 13.2. The fourth-order valence-electron chi connectivity index (χ4n) is 1.74. The van der Waals surface area contributed by atoms with Crippen molar-refractivity contribution in [1.29, 1.82) is 0 Å². The number of hydrogen-bond acceptors (Lipinski definition) is 1. The van der Waals surface area contributed by atoms with Crippen molar-refractivity contribution in [3.05, 3.63) is 35.4 Å². The second-order valence-electron chi connectivity index (χ2n) is 5.35. The molecule has 0 aliphatic carbocycles. The Labute approximate surface area is 97.9 Å². The topological polar surface area (TPSA) is 26.0 Å². The predicted molar refractivity (Wildman–Crippen MR) is 67.3 cm³/mol. The van der Waals surface area contributed by atoms with Crippen molar-refractivity contribution < 1.29 is 4.39 Å². The van der Waals surface area contributed by atoms with E-state index in [2.05, 4.69) is 20.8 Å². The van der Waals surface area contributed by atoms with Gasteiger partial charge in [-0.1, -0.05) is 52.0 Å². The van der Waals surface area contributed by atoms with Gasteiger partial charge >= 0.3 is 0 Å². The van der Waals surface area contributed by atoms with Crippen LogP contribution in [-0.4, -0.2) is 6.54 Å². The minimum Gasteiger partial charge on any atom is -0.327 e. The first-order chi connectivity index (χ1) is 7.33. The lowest BCUT2D eigenvalue weighted by molar-refractivity contribution is 0.169. The number of rotatable bonds is 3. The maximum Gasteiger partial charge on any atom is 0.147 e. The molecule has 0 aromatic heterocycles. The van der Waals surface area contributed by atoms with Crippen molar-refractivity contribution in [2.75, 3.05) is 6.54 Å². The first-order valence-corrected chi connectivity index (χ1v) is 5.83. The van der Waals surface area contributed by atoms with Gasteiger partial charge in [-0.3, -0.25) is 0 Å². The molecule has 0 fully saturated rings. The summed E-state index contributed by atoms with van der Waals surface area (Å²) < 4.78 is 14.3. The molecular formula is C14H22FN. The first-order valence-electron chi connectivity index (χ1n) is 5.83. The number of nitrogens with two attached hydrogens (primary N) is 1. The molecular weight excluding hydrogens is 201 g/mol. The van der Waals surface area contributed by atoms with Crippen molar-refractivity contribution in [1.82, 2.24) is 0 Å². The van der Waals surface area contributed by atoms with E-state index in [0.29, 0.717) is 12.0 Å². The zero-order valence-electron chi connectivity index (χ0n) is 10.7. The van der Waals surface area contributed by atoms with E-state index in [1.165, 1.54) is 5.56 Å². The fourth-order valence-corrected chi connectivity index (χ4v) is 1.74. The maximum absolute atomic E-state index is 14.3. The van der Waals surface area contributed by atoms with E-state index in [9.17, 15) is 4.39 Å². The summed E-state index contributed by atoms with van der Waals surface area (Å²) in [4.78, 5) is 0. The van der Waals surface area contributed by atoms with E-state index in [4.69, 9.17) is 5.73 Å². The van der Waals surface area contributed by atoms with Crippen molar-refractivity contribution in [3.63, 3.8) is 0 Å². The second-order valence-corrected chi connectivity index (χ2v) is 5.35. The van der Waals surface area contributed by atoms with Crippen LogP contribution in [0, 0.1) is 0 Å². The van der Waals surface area contributed by atoms with Crippen LogP contribution >= 0.6 is 0 Å². The zero-order chi connectivity index (χ0) is 12.4. The Bertz CT molecular complexity index is 331. The van der Waals surface area contributed by atoms with E-state index in [-0.39, 0.29) is 12.0 Å². The molecule has 0 aliphatic heterocycles. The third-order valence-electron chi connectivity index (χ3n) is 3.15. The lowest BCUT2D eigenvalue weighted by Crippen LogP contribution is -2.29. The Balaban J connectivity index is 3.04. The molecule has 1 rings (SSSR count). The van der Waals surface area contributed by atoms with Gasteiger partial charge in [-0.05, 0) is 23.0 Å². The molecule has 1 aromatic carbocycles. The fraction of sp³-hybridized carbons (Fsp3) is 0.571. The smallest absolute Gasteiger partial charge is 0.147 e. The normalized spacial score (nSPS) is 15.9. The number of alkyl halides is 1. The molecule has 90 valence electrons. The highest BCUT2D eigenvalue weighted by molar-refractivity contribution is 5.31. The van der Waals surface area contributed by atoms with Crippen LogP contribution in [0.25, 0.3) is 0 Å². The van der Waals surface area contributed by atoms with E-state index in [1.54, 1.807) is 0 Å². The number of hydrogen-bond donors (Lipinski definition) is 1. The minimum absolute atomic E-state index is 0.0400. The summed E-state index contributed by atoms with van der Waals surface area (Å²) in [7, 11) is 0. The summed E-state index contributed by atoms with van der Waals surface area (Å²) in [5.41, 5.74) is 6.12. The molecule has 0 radical (unpaired) electrons. The van der Waals surface area contributed by atoms with Gasteiger partial charge in [0, 0.05) is 6.54 Å². The molecule has 0 amide bonds. The molecule has 16 heavy (non-hydrogen) atoms. The summed E-state index contributed by atoms with van der Waals surface area (Å²) in [6.45, 7) is 8.30. The van der Waals surface area contributed by atoms with Gasteiger partial charge in [0.25, 0.3) is 0 Å². The van der Waals surface area contributed by atoms with Crippen molar-refractivity contribution in [2.24, 2.45) is 5.73 Å². The Morgan fingerprint density at radius 3 is 1.81 bits per heavy atom. The maximum atomic E-state index is 14.3. The molecule has 0 saturated carbocycles. The van der Waals surface area contributed by atoms with Crippen molar-refractivity contribution in [2.45, 2.75) is 45.2 Å². The number of benzene rings is 1. The second kappa shape index (κ2) is 4.54. The highest BCUT2D eigenvalue weighted by Crippen LogP contribution is 2.30. The van der Waals surface area contributed by atoms with Crippen molar-refractivity contribution in [3.8, 4) is 0 Å². The lowest BCUT2D eigenvalue weighted by Gasteiger charge is -2.24. The summed E-state index contributed by atoms with van der Waals surface area (Å²) in [6.07, 6.45) is 0.415. The molecule has 1 unspecified atom stereocenters. The van der Waals surface area contributed by atoms with Crippen LogP contribution < -0.4 is 5.73 Å². The Hall–Kier alpha value is -0.890. The van der Waals surface area contributed by atoms with Gasteiger partial charge in [0.1, 0.15) is 5.67 Å². The Morgan fingerprint density at radius 2 is 1.50 bits per heavy atom. The summed E-state index contributed by atoms with van der Waals surface area (Å²) >= 11 is 0. The van der Waals surface area contributed by atoms with Crippen LogP contribution in [0.3, 0.4) is 0 Å². The largest absolute Gasteiger partial charge is 0.327 e. The quantitative estimate of drug-likeness (QED) is 0.833. The minimum atomic E-state index is -1.38. The van der Waals surface area contributed by atoms with Gasteiger partial charge in [-0.25, -0.2) is 4.39 Å². The predicted octanol–water partition coefficient (Wildman–Crippen LogP) is 3.52. The molecule has 2 N–H and O–H groups in total. The molecule has 0 spiro atoms. The monoisotopic (exact) mass is 223 g/mol. The van der Waals surface area contributed by atoms with Crippen LogP contribution in [0.1, 0.15) is 45.2 Å². The molecule has 1 nitrogen and oxygen atoms in total. The van der Waals surface area contributed by atoms with Crippen LogP contribution in [-0.2, 0) is 11.1 Å². The van der Waals surface area contributed by atoms with Gasteiger partial charge in [0.15, 0.2) is 0 Å². The Kier molecular flexibility index (Phi) is 3.74. The Morgan fingerprint density at radius 1 is 1.06 bits per heavy atom. The van der Waals surface area contributed by atoms with E-state index in [0.717, 1.165) is 0 Å². The third kappa shape index (κ3) is 2.62. The standard InChI is InChI=1S/C14H22FN/c1-5-14(15,10-16)12-8-6-11(7-9-12)13(2,3)4/h6-9H,5,10,16H2,1-4H3. The SMILES string of the molecule is CCC(F)(CN)c1ccc(C(C)(C)C)cc1. The van der Waals surface area contributed by atoms with Gasteiger partial charge in [-0.15, -0.1) is 0 Å². The van der Waals surface area contributed by atoms with Gasteiger partial charge in [0.2, 0.25) is 0 Å². The average Bonchev–Trinajstić information content (AvgIpc) is 2.27. The van der Waals surface area contributed by atoms with Crippen LogP contribution in [0.4, 0.5) is 4.39 Å². The highest BCUT2D eigenvalue weighted by Gasteiger charge is 2.28. The van der Waals surface area contributed by atoms with Crippen LogP contribution in [0.15, 0.2) is 24.3 Å². The molecule has 0 heterocycles. The van der Waals surface area contributed by atoms with E-state index in [1.807, 2.05) is 31.2 Å². The molecule has 0 aliphatic rings. The third-order valence-corrected chi connectivity index (χ3v) is 3.15. The van der Waals surface area contributed by atoms with Crippen LogP contribution in [0.5, 0.6) is 0 Å². The average molecular weight is 223 g/mol. The molecule has 0 bridgehead atoms. The molecule has 1 aromatic rings. The molecule has 0 saturated heterocycles. The van der Waals surface area contributed by atoms with E-state index < -0.39 is 5.67 Å². The molecule has 2 heteroatoms. The van der Waals surface area contributed by atoms with Crippen molar-refractivity contribution >= 4 is 0 Å². The highest BCUT2D eigenvalue weighted by atomic mass is 19.1. The molecule has 1 atom stereocenters. The van der Waals surface area contributed by atoms with Gasteiger partial charge < -0.3 is 5.73 Å². The summed E-state index contributed by atoms with van der Waals surface area (Å²) in [5, 5.41) is 0. The van der Waals surface area contributed by atoms with Gasteiger partial charge in [-0.2, -0.15) is 0 Å². The number of halogens is 1. The van der Waals surface area contributed by atoms with Gasteiger partial charge in [0.05, 0.1) is 0 Å². The van der Waals surface area contributed by atoms with E-state index >= 15 is 0 Å².